The van der Waals surface area contributed by atoms with E-state index in [1.807, 2.05) is 0 Å². The Morgan fingerprint density at radius 2 is 1.64 bits per heavy atom. The molecule has 4 N–H and O–H groups in total. The third-order valence-corrected chi connectivity index (χ3v) is 5.01. The summed E-state index contributed by atoms with van der Waals surface area (Å²) in [6.07, 6.45) is -10.3. The molecular formula is C15H24O10. The van der Waals surface area contributed by atoms with Gasteiger partial charge in [-0.15, -0.1) is 0 Å². The minimum Gasteiger partial charge on any atom is -0.387 e. The van der Waals surface area contributed by atoms with Crippen LogP contribution in [-0.4, -0.2) is 101 Å². The Balaban J connectivity index is 1.46. The van der Waals surface area contributed by atoms with Crippen LogP contribution in [0.3, 0.4) is 0 Å². The van der Waals surface area contributed by atoms with Crippen LogP contribution < -0.4 is 0 Å². The van der Waals surface area contributed by atoms with Crippen molar-refractivity contribution in [1.29, 1.82) is 0 Å². The Labute approximate surface area is 144 Å². The number of ether oxygens (including phenoxy) is 6. The van der Waals surface area contributed by atoms with E-state index in [0.29, 0.717) is 0 Å². The van der Waals surface area contributed by atoms with Gasteiger partial charge in [0, 0.05) is 0 Å². The number of aliphatic hydroxyl groups excluding tert-OH is 4. The van der Waals surface area contributed by atoms with Crippen LogP contribution in [0.4, 0.5) is 0 Å². The van der Waals surface area contributed by atoms with Crippen molar-refractivity contribution in [3.05, 3.63) is 0 Å². The van der Waals surface area contributed by atoms with E-state index >= 15 is 0 Å². The molecule has 25 heavy (non-hydrogen) atoms. The Bertz CT molecular complexity index is 499. The Kier molecular flexibility index (Phi) is 4.56. The van der Waals surface area contributed by atoms with E-state index in [0.717, 1.165) is 0 Å². The monoisotopic (exact) mass is 364 g/mol. The molecule has 4 saturated heterocycles. The lowest BCUT2D eigenvalue weighted by Gasteiger charge is -2.49. The summed E-state index contributed by atoms with van der Waals surface area (Å²) in [6.45, 7) is 3.71. The molecule has 4 aliphatic rings. The highest BCUT2D eigenvalue weighted by Gasteiger charge is 2.55. The van der Waals surface area contributed by atoms with Crippen LogP contribution in [0.25, 0.3) is 0 Å². The van der Waals surface area contributed by atoms with Gasteiger partial charge < -0.3 is 48.8 Å². The van der Waals surface area contributed by atoms with E-state index in [9.17, 15) is 20.4 Å². The number of aliphatic hydroxyl groups is 4. The topological polar surface area (TPSA) is 136 Å². The van der Waals surface area contributed by atoms with Gasteiger partial charge in [0.05, 0.1) is 13.2 Å². The van der Waals surface area contributed by atoms with Gasteiger partial charge in [0.2, 0.25) is 0 Å². The van der Waals surface area contributed by atoms with Crippen molar-refractivity contribution >= 4 is 0 Å². The minimum atomic E-state index is -1.40. The Morgan fingerprint density at radius 1 is 0.880 bits per heavy atom. The van der Waals surface area contributed by atoms with E-state index in [2.05, 4.69) is 0 Å². The van der Waals surface area contributed by atoms with Crippen LogP contribution >= 0.6 is 0 Å². The summed E-state index contributed by atoms with van der Waals surface area (Å²) in [5.41, 5.74) is 0. The molecule has 4 rings (SSSR count). The Morgan fingerprint density at radius 3 is 2.40 bits per heavy atom. The highest BCUT2D eigenvalue weighted by molar-refractivity contribution is 4.97. The predicted octanol–water partition coefficient (Wildman–Crippen LogP) is -2.55. The maximum Gasteiger partial charge on any atom is 0.187 e. The number of hydrogen-bond donors (Lipinski definition) is 4. The fraction of sp³-hybridized carbons (Fsp3) is 1.00. The van der Waals surface area contributed by atoms with Gasteiger partial charge in [-0.05, 0) is 13.8 Å². The molecule has 0 aliphatic carbocycles. The van der Waals surface area contributed by atoms with Crippen LogP contribution in [0.2, 0.25) is 0 Å². The second-order valence-electron chi connectivity index (χ2n) is 7.28. The molecule has 0 spiro atoms. The van der Waals surface area contributed by atoms with Gasteiger partial charge in [0.1, 0.15) is 48.8 Å². The molecule has 0 unspecified atom stereocenters. The smallest absolute Gasteiger partial charge is 0.187 e. The van der Waals surface area contributed by atoms with Crippen LogP contribution in [0.15, 0.2) is 0 Å². The molecule has 0 saturated carbocycles. The van der Waals surface area contributed by atoms with Crippen LogP contribution in [0.5, 0.6) is 0 Å². The highest BCUT2D eigenvalue weighted by atomic mass is 16.8. The third kappa shape index (κ3) is 3.10. The lowest BCUT2D eigenvalue weighted by Crippen LogP contribution is -2.66. The molecule has 10 heteroatoms. The molecule has 2 bridgehead atoms. The highest BCUT2D eigenvalue weighted by Crippen LogP contribution is 2.36. The number of fused-ring (bicyclic) bond motifs is 3. The van der Waals surface area contributed by atoms with Crippen LogP contribution in [-0.2, 0) is 28.4 Å². The van der Waals surface area contributed by atoms with E-state index in [1.54, 1.807) is 13.8 Å². The zero-order valence-corrected chi connectivity index (χ0v) is 13.9. The van der Waals surface area contributed by atoms with Gasteiger partial charge in [-0.25, -0.2) is 0 Å². The largest absolute Gasteiger partial charge is 0.387 e. The molecule has 0 aromatic carbocycles. The summed E-state index contributed by atoms with van der Waals surface area (Å²) >= 11 is 0. The lowest BCUT2D eigenvalue weighted by molar-refractivity contribution is -0.393. The fourth-order valence-electron chi connectivity index (χ4n) is 3.63. The standard InChI is InChI=1S/C15H24O10/c1-15(2)21-4-6-12(25-15)8(17)10(19)14(23-6)24-11-5-3-20-13(22-5)9(18)7(11)16/h5-14,16-19H,3-4H2,1-2H3/t5-,6-,7-,8-,9-,10-,11-,12-,13-,14-/m1/s1. The van der Waals surface area contributed by atoms with Crippen molar-refractivity contribution in [3.8, 4) is 0 Å². The second-order valence-corrected chi connectivity index (χ2v) is 7.28. The van der Waals surface area contributed by atoms with E-state index < -0.39 is 67.2 Å². The fourth-order valence-corrected chi connectivity index (χ4v) is 3.63. The molecule has 4 fully saturated rings. The van der Waals surface area contributed by atoms with Crippen molar-refractivity contribution in [2.45, 2.75) is 81.0 Å². The summed E-state index contributed by atoms with van der Waals surface area (Å²) in [5, 5.41) is 40.9. The van der Waals surface area contributed by atoms with Gasteiger partial charge in [-0.3, -0.25) is 0 Å². The first-order chi connectivity index (χ1) is 11.8. The predicted molar refractivity (Wildman–Crippen MR) is 77.1 cm³/mol. The zero-order chi connectivity index (χ0) is 17.9. The molecule has 0 aromatic heterocycles. The van der Waals surface area contributed by atoms with Crippen molar-refractivity contribution in [2.75, 3.05) is 13.2 Å². The molecule has 10 atom stereocenters. The van der Waals surface area contributed by atoms with Crippen LogP contribution in [0.1, 0.15) is 13.8 Å². The van der Waals surface area contributed by atoms with Gasteiger partial charge in [0.25, 0.3) is 0 Å². The molecule has 0 amide bonds. The van der Waals surface area contributed by atoms with Gasteiger partial charge in [0.15, 0.2) is 18.4 Å². The van der Waals surface area contributed by atoms with E-state index in [-0.39, 0.29) is 13.2 Å². The molecular weight excluding hydrogens is 340 g/mol. The molecule has 0 aromatic rings. The molecule has 10 nitrogen and oxygen atoms in total. The maximum atomic E-state index is 10.4. The average molecular weight is 364 g/mol. The van der Waals surface area contributed by atoms with Crippen LogP contribution in [0, 0.1) is 0 Å². The van der Waals surface area contributed by atoms with Crippen molar-refractivity contribution < 1.29 is 48.8 Å². The first kappa shape index (κ1) is 18.0. The minimum absolute atomic E-state index is 0.140. The zero-order valence-electron chi connectivity index (χ0n) is 13.9. The normalized spacial score (nSPS) is 55.0. The summed E-state index contributed by atoms with van der Waals surface area (Å²) in [6, 6.07) is 0. The number of rotatable bonds is 2. The molecule has 4 heterocycles. The van der Waals surface area contributed by atoms with E-state index in [4.69, 9.17) is 28.4 Å². The second kappa shape index (κ2) is 6.34. The first-order valence-electron chi connectivity index (χ1n) is 8.39. The summed E-state index contributed by atoms with van der Waals surface area (Å²) < 4.78 is 33.2. The summed E-state index contributed by atoms with van der Waals surface area (Å²) in [7, 11) is 0. The lowest BCUT2D eigenvalue weighted by atomic mass is 9.96. The maximum absolute atomic E-state index is 10.4. The SMILES string of the molecule is CC1(C)OC[C@H]2O[C@H](O[C@H]3[C@H](O)[C@@H](O)[C@@H]4OC[C@H]3O4)[C@H](O)[C@@H](O)[C@@H]2O1. The molecule has 144 valence electrons. The summed E-state index contributed by atoms with van der Waals surface area (Å²) in [4.78, 5) is 0. The molecule has 0 radical (unpaired) electrons. The third-order valence-electron chi connectivity index (χ3n) is 5.01. The van der Waals surface area contributed by atoms with E-state index in [1.165, 1.54) is 0 Å². The van der Waals surface area contributed by atoms with Crippen molar-refractivity contribution in [2.24, 2.45) is 0 Å². The van der Waals surface area contributed by atoms with Crippen molar-refractivity contribution in [1.82, 2.24) is 0 Å². The van der Waals surface area contributed by atoms with Gasteiger partial charge in [-0.1, -0.05) is 0 Å². The average Bonchev–Trinajstić information content (AvgIpc) is 3.01. The van der Waals surface area contributed by atoms with Gasteiger partial charge >= 0.3 is 0 Å². The Hall–Kier alpha value is -0.400. The van der Waals surface area contributed by atoms with Crippen molar-refractivity contribution in [3.63, 3.8) is 0 Å². The number of hydrogen-bond acceptors (Lipinski definition) is 10. The first-order valence-corrected chi connectivity index (χ1v) is 8.39. The quantitative estimate of drug-likeness (QED) is 0.414. The molecule has 4 aliphatic heterocycles. The van der Waals surface area contributed by atoms with Gasteiger partial charge in [-0.2, -0.15) is 0 Å². The summed E-state index contributed by atoms with van der Waals surface area (Å²) in [5.74, 6) is -0.896.